The molecule has 1 aliphatic heterocycles. The minimum absolute atomic E-state index is 0.792. The van der Waals surface area contributed by atoms with Gasteiger partial charge in [0.15, 0.2) is 0 Å². The molecule has 2 rings (SSSR count). The van der Waals surface area contributed by atoms with Crippen LogP contribution in [0.25, 0.3) is 0 Å². The van der Waals surface area contributed by atoms with Gasteiger partial charge in [-0.3, -0.25) is 4.90 Å². The zero-order valence-electron chi connectivity index (χ0n) is 11.4. The number of rotatable bonds is 5. The van der Waals surface area contributed by atoms with Crippen LogP contribution < -0.4 is 4.74 Å². The van der Waals surface area contributed by atoms with Crippen molar-refractivity contribution in [3.05, 3.63) is 29.3 Å². The summed E-state index contributed by atoms with van der Waals surface area (Å²) < 4.78 is 11.1. The Bertz CT molecular complexity index is 373. The van der Waals surface area contributed by atoms with Gasteiger partial charge in [0.1, 0.15) is 5.75 Å². The quantitative estimate of drug-likeness (QED) is 0.748. The van der Waals surface area contributed by atoms with Gasteiger partial charge in [-0.1, -0.05) is 6.07 Å². The van der Waals surface area contributed by atoms with E-state index in [1.807, 2.05) is 0 Å². The van der Waals surface area contributed by atoms with Crippen LogP contribution in [0.3, 0.4) is 0 Å². The standard InChI is InChI=1S/C15H23NO2/c1-13-4-5-15(12-14(13)2)18-9-3-6-16-7-10-17-11-8-16/h4-5,12H,3,6-11H2,1-2H3. The molecule has 1 saturated heterocycles. The van der Waals surface area contributed by atoms with E-state index >= 15 is 0 Å². The summed E-state index contributed by atoms with van der Waals surface area (Å²) in [5.41, 5.74) is 2.61. The third kappa shape index (κ3) is 4.00. The van der Waals surface area contributed by atoms with Crippen LogP contribution in [0.15, 0.2) is 18.2 Å². The molecule has 0 atom stereocenters. The normalized spacial score (nSPS) is 16.8. The van der Waals surface area contributed by atoms with E-state index in [1.54, 1.807) is 0 Å². The van der Waals surface area contributed by atoms with E-state index in [-0.39, 0.29) is 0 Å². The average molecular weight is 249 g/mol. The molecule has 0 bridgehead atoms. The molecule has 3 nitrogen and oxygen atoms in total. The van der Waals surface area contributed by atoms with Gasteiger partial charge in [0.05, 0.1) is 19.8 Å². The van der Waals surface area contributed by atoms with E-state index in [2.05, 4.69) is 36.9 Å². The minimum Gasteiger partial charge on any atom is -0.494 e. The van der Waals surface area contributed by atoms with Gasteiger partial charge in [-0.25, -0.2) is 0 Å². The lowest BCUT2D eigenvalue weighted by Crippen LogP contribution is -2.37. The van der Waals surface area contributed by atoms with E-state index in [4.69, 9.17) is 9.47 Å². The first-order valence-electron chi connectivity index (χ1n) is 6.76. The Kier molecular flexibility index (Phi) is 5.02. The molecule has 0 radical (unpaired) electrons. The smallest absolute Gasteiger partial charge is 0.119 e. The van der Waals surface area contributed by atoms with E-state index in [1.165, 1.54) is 11.1 Å². The lowest BCUT2D eigenvalue weighted by atomic mass is 10.1. The van der Waals surface area contributed by atoms with E-state index < -0.39 is 0 Å². The summed E-state index contributed by atoms with van der Waals surface area (Å²) in [5.74, 6) is 0.986. The Morgan fingerprint density at radius 1 is 1.17 bits per heavy atom. The zero-order valence-corrected chi connectivity index (χ0v) is 11.4. The maximum Gasteiger partial charge on any atom is 0.119 e. The Labute approximate surface area is 110 Å². The first kappa shape index (κ1) is 13.4. The van der Waals surface area contributed by atoms with Crippen LogP contribution in [-0.4, -0.2) is 44.4 Å². The van der Waals surface area contributed by atoms with Crippen molar-refractivity contribution in [2.45, 2.75) is 20.3 Å². The van der Waals surface area contributed by atoms with E-state index in [9.17, 15) is 0 Å². The monoisotopic (exact) mass is 249 g/mol. The van der Waals surface area contributed by atoms with Gasteiger partial charge in [-0.2, -0.15) is 0 Å². The predicted molar refractivity (Wildman–Crippen MR) is 73.3 cm³/mol. The molecule has 0 saturated carbocycles. The molecule has 1 fully saturated rings. The van der Waals surface area contributed by atoms with E-state index in [0.717, 1.165) is 51.6 Å². The van der Waals surface area contributed by atoms with Gasteiger partial charge in [-0.05, 0) is 43.5 Å². The zero-order chi connectivity index (χ0) is 12.8. The van der Waals surface area contributed by atoms with Crippen LogP contribution in [0.2, 0.25) is 0 Å². The molecular formula is C15H23NO2. The number of hydrogen-bond donors (Lipinski definition) is 0. The second-order valence-electron chi connectivity index (χ2n) is 4.90. The highest BCUT2D eigenvalue weighted by Crippen LogP contribution is 2.16. The van der Waals surface area contributed by atoms with Crippen LogP contribution >= 0.6 is 0 Å². The fraction of sp³-hybridized carbons (Fsp3) is 0.600. The number of hydrogen-bond acceptors (Lipinski definition) is 3. The van der Waals surface area contributed by atoms with Crippen molar-refractivity contribution in [1.82, 2.24) is 4.90 Å². The molecule has 3 heteroatoms. The fourth-order valence-corrected chi connectivity index (χ4v) is 2.11. The molecule has 0 N–H and O–H groups in total. The highest BCUT2D eigenvalue weighted by molar-refractivity contribution is 5.33. The van der Waals surface area contributed by atoms with Gasteiger partial charge < -0.3 is 9.47 Å². The summed E-state index contributed by atoms with van der Waals surface area (Å²) >= 11 is 0. The van der Waals surface area contributed by atoms with Gasteiger partial charge in [0.2, 0.25) is 0 Å². The SMILES string of the molecule is Cc1ccc(OCCCN2CCOCC2)cc1C. The Morgan fingerprint density at radius 3 is 2.67 bits per heavy atom. The van der Waals surface area contributed by atoms with Crippen molar-refractivity contribution in [1.29, 1.82) is 0 Å². The summed E-state index contributed by atoms with van der Waals surface area (Å²) in [6, 6.07) is 6.29. The first-order chi connectivity index (χ1) is 8.75. The van der Waals surface area contributed by atoms with Gasteiger partial charge in [0, 0.05) is 19.6 Å². The molecule has 1 aliphatic rings. The fourth-order valence-electron chi connectivity index (χ4n) is 2.11. The minimum atomic E-state index is 0.792. The van der Waals surface area contributed by atoms with E-state index in [0.29, 0.717) is 0 Å². The second-order valence-corrected chi connectivity index (χ2v) is 4.90. The van der Waals surface area contributed by atoms with Crippen molar-refractivity contribution in [2.75, 3.05) is 39.5 Å². The van der Waals surface area contributed by atoms with Crippen molar-refractivity contribution in [3.63, 3.8) is 0 Å². The largest absolute Gasteiger partial charge is 0.494 e. The summed E-state index contributed by atoms with van der Waals surface area (Å²) in [5, 5.41) is 0. The molecule has 0 aromatic heterocycles. The summed E-state index contributed by atoms with van der Waals surface area (Å²) in [6.07, 6.45) is 1.08. The number of benzene rings is 1. The number of aryl methyl sites for hydroxylation is 2. The number of ether oxygens (including phenoxy) is 2. The lowest BCUT2D eigenvalue weighted by Gasteiger charge is -2.26. The first-order valence-corrected chi connectivity index (χ1v) is 6.76. The van der Waals surface area contributed by atoms with Crippen LogP contribution in [0.4, 0.5) is 0 Å². The maximum atomic E-state index is 5.77. The van der Waals surface area contributed by atoms with Crippen LogP contribution in [0.1, 0.15) is 17.5 Å². The average Bonchev–Trinajstić information content (AvgIpc) is 2.40. The third-order valence-corrected chi connectivity index (χ3v) is 3.47. The Morgan fingerprint density at radius 2 is 1.94 bits per heavy atom. The molecule has 1 aromatic carbocycles. The molecular weight excluding hydrogens is 226 g/mol. The second kappa shape index (κ2) is 6.76. The molecule has 0 amide bonds. The van der Waals surface area contributed by atoms with Crippen LogP contribution in [-0.2, 0) is 4.74 Å². The topological polar surface area (TPSA) is 21.7 Å². The Balaban J connectivity index is 1.66. The summed E-state index contributed by atoms with van der Waals surface area (Å²) in [7, 11) is 0. The lowest BCUT2D eigenvalue weighted by molar-refractivity contribution is 0.0358. The predicted octanol–water partition coefficient (Wildman–Crippen LogP) is 2.40. The molecule has 0 spiro atoms. The molecule has 0 unspecified atom stereocenters. The molecule has 100 valence electrons. The van der Waals surface area contributed by atoms with Crippen molar-refractivity contribution >= 4 is 0 Å². The van der Waals surface area contributed by atoms with Gasteiger partial charge in [-0.15, -0.1) is 0 Å². The Hall–Kier alpha value is -1.06. The van der Waals surface area contributed by atoms with Gasteiger partial charge >= 0.3 is 0 Å². The molecule has 1 heterocycles. The third-order valence-electron chi connectivity index (χ3n) is 3.47. The summed E-state index contributed by atoms with van der Waals surface area (Å²) in [4.78, 5) is 2.44. The highest BCUT2D eigenvalue weighted by Gasteiger charge is 2.09. The summed E-state index contributed by atoms with van der Waals surface area (Å²) in [6.45, 7) is 10.0. The molecule has 0 aliphatic carbocycles. The van der Waals surface area contributed by atoms with Crippen molar-refractivity contribution in [2.24, 2.45) is 0 Å². The van der Waals surface area contributed by atoms with Crippen molar-refractivity contribution in [3.8, 4) is 5.75 Å². The van der Waals surface area contributed by atoms with Crippen LogP contribution in [0.5, 0.6) is 5.75 Å². The van der Waals surface area contributed by atoms with Crippen LogP contribution in [0, 0.1) is 13.8 Å². The highest BCUT2D eigenvalue weighted by atomic mass is 16.5. The molecule has 1 aromatic rings. The maximum absolute atomic E-state index is 5.77. The number of nitrogens with zero attached hydrogens (tertiary/aromatic N) is 1. The number of morpholine rings is 1. The van der Waals surface area contributed by atoms with Crippen molar-refractivity contribution < 1.29 is 9.47 Å². The van der Waals surface area contributed by atoms with Gasteiger partial charge in [0.25, 0.3) is 0 Å². The molecule has 18 heavy (non-hydrogen) atoms.